The lowest BCUT2D eigenvalue weighted by Crippen LogP contribution is -2.41. The molecule has 4 N–H and O–H groups in total. The third kappa shape index (κ3) is 4.14. The standard InChI is InChI=1S/C13H27N3O2/c1-12(2,11(14)15-18)8-9-16(3)10-13(17)6-4-5-7-13/h17-18H,4-10H2,1-3H3,(H2,14,15). The van der Waals surface area contributed by atoms with Crippen molar-refractivity contribution in [3.05, 3.63) is 0 Å². The lowest BCUT2D eigenvalue weighted by atomic mass is 9.87. The zero-order valence-electron chi connectivity index (χ0n) is 11.8. The summed E-state index contributed by atoms with van der Waals surface area (Å²) in [6.45, 7) is 5.45. The fourth-order valence-corrected chi connectivity index (χ4v) is 2.51. The third-order valence-electron chi connectivity index (χ3n) is 4.02. The minimum absolute atomic E-state index is 0.260. The summed E-state index contributed by atoms with van der Waals surface area (Å²) in [5, 5.41) is 22.1. The van der Waals surface area contributed by atoms with Crippen molar-refractivity contribution in [3.63, 3.8) is 0 Å². The van der Waals surface area contributed by atoms with E-state index >= 15 is 0 Å². The summed E-state index contributed by atoms with van der Waals surface area (Å²) in [6.07, 6.45) is 4.86. The lowest BCUT2D eigenvalue weighted by molar-refractivity contribution is 0.0149. The van der Waals surface area contributed by atoms with Crippen LogP contribution in [0.25, 0.3) is 0 Å². The highest BCUT2D eigenvalue weighted by atomic mass is 16.4. The topological polar surface area (TPSA) is 82.1 Å². The van der Waals surface area contributed by atoms with Gasteiger partial charge < -0.3 is 20.9 Å². The Morgan fingerprint density at radius 3 is 2.44 bits per heavy atom. The van der Waals surface area contributed by atoms with E-state index in [0.717, 1.165) is 38.6 Å². The second-order valence-corrected chi connectivity index (χ2v) is 6.29. The number of aliphatic hydroxyl groups is 1. The number of nitrogens with zero attached hydrogens (tertiary/aromatic N) is 2. The van der Waals surface area contributed by atoms with Gasteiger partial charge in [-0.2, -0.15) is 0 Å². The number of nitrogens with two attached hydrogens (primary N) is 1. The molecule has 5 heteroatoms. The van der Waals surface area contributed by atoms with Crippen molar-refractivity contribution in [3.8, 4) is 0 Å². The van der Waals surface area contributed by atoms with Crippen LogP contribution in [0.3, 0.4) is 0 Å². The molecule has 0 aromatic carbocycles. The van der Waals surface area contributed by atoms with E-state index in [9.17, 15) is 5.11 Å². The summed E-state index contributed by atoms with van der Waals surface area (Å²) in [5.74, 6) is 0.260. The first kappa shape index (κ1) is 15.2. The summed E-state index contributed by atoms with van der Waals surface area (Å²) in [7, 11) is 2.01. The Morgan fingerprint density at radius 2 is 1.94 bits per heavy atom. The molecule has 1 aliphatic rings. The van der Waals surface area contributed by atoms with Gasteiger partial charge in [0.05, 0.1) is 5.60 Å². The van der Waals surface area contributed by atoms with Crippen molar-refractivity contribution in [2.75, 3.05) is 20.1 Å². The molecule has 1 saturated carbocycles. The molecular formula is C13H27N3O2. The number of likely N-dealkylation sites (N-methyl/N-ethyl adjacent to an activating group) is 1. The van der Waals surface area contributed by atoms with Crippen LogP contribution in [0.4, 0.5) is 0 Å². The van der Waals surface area contributed by atoms with Gasteiger partial charge in [-0.05, 0) is 32.9 Å². The second kappa shape index (κ2) is 5.89. The summed E-state index contributed by atoms with van der Waals surface area (Å²) in [5.41, 5.74) is 4.84. The van der Waals surface area contributed by atoms with Gasteiger partial charge in [0.2, 0.25) is 0 Å². The van der Waals surface area contributed by atoms with Crippen molar-refractivity contribution in [1.82, 2.24) is 4.90 Å². The number of rotatable bonds is 6. The summed E-state index contributed by atoms with van der Waals surface area (Å²) in [6, 6.07) is 0. The fraction of sp³-hybridized carbons (Fsp3) is 0.923. The first-order valence-corrected chi connectivity index (χ1v) is 6.68. The predicted molar refractivity (Wildman–Crippen MR) is 72.7 cm³/mol. The van der Waals surface area contributed by atoms with Crippen LogP contribution >= 0.6 is 0 Å². The average molecular weight is 257 g/mol. The molecule has 0 unspecified atom stereocenters. The van der Waals surface area contributed by atoms with Gasteiger partial charge in [-0.3, -0.25) is 0 Å². The highest BCUT2D eigenvalue weighted by Crippen LogP contribution is 2.30. The first-order valence-electron chi connectivity index (χ1n) is 6.68. The molecule has 0 spiro atoms. The molecule has 1 aliphatic carbocycles. The molecule has 0 aromatic heterocycles. The monoisotopic (exact) mass is 257 g/mol. The minimum Gasteiger partial charge on any atom is -0.409 e. The molecule has 1 rings (SSSR count). The zero-order valence-corrected chi connectivity index (χ0v) is 11.8. The molecule has 0 atom stereocenters. The number of amidine groups is 1. The van der Waals surface area contributed by atoms with Crippen molar-refractivity contribution in [2.45, 2.75) is 51.6 Å². The molecule has 5 nitrogen and oxygen atoms in total. The maximum absolute atomic E-state index is 10.3. The van der Waals surface area contributed by atoms with Crippen LogP contribution in [0, 0.1) is 5.41 Å². The third-order valence-corrected chi connectivity index (χ3v) is 4.02. The lowest BCUT2D eigenvalue weighted by Gasteiger charge is -2.31. The average Bonchev–Trinajstić information content (AvgIpc) is 2.72. The molecular weight excluding hydrogens is 230 g/mol. The van der Waals surface area contributed by atoms with E-state index in [1.165, 1.54) is 0 Å². The zero-order chi connectivity index (χ0) is 13.8. The second-order valence-electron chi connectivity index (χ2n) is 6.29. The molecule has 0 aliphatic heterocycles. The van der Waals surface area contributed by atoms with Crippen molar-refractivity contribution in [1.29, 1.82) is 0 Å². The number of oxime groups is 1. The maximum atomic E-state index is 10.3. The Balaban J connectivity index is 2.39. The van der Waals surface area contributed by atoms with E-state index in [1.54, 1.807) is 0 Å². The highest BCUT2D eigenvalue weighted by molar-refractivity contribution is 5.85. The van der Waals surface area contributed by atoms with Gasteiger partial charge in [-0.15, -0.1) is 0 Å². The van der Waals surface area contributed by atoms with E-state index in [1.807, 2.05) is 20.9 Å². The Kier molecular flexibility index (Phi) is 4.99. The molecule has 0 saturated heterocycles. The molecule has 1 fully saturated rings. The van der Waals surface area contributed by atoms with Crippen LogP contribution in [-0.4, -0.2) is 46.8 Å². The molecule has 106 valence electrons. The molecule has 0 heterocycles. The van der Waals surface area contributed by atoms with Gasteiger partial charge in [0.1, 0.15) is 5.84 Å². The van der Waals surface area contributed by atoms with E-state index in [-0.39, 0.29) is 11.3 Å². The summed E-state index contributed by atoms with van der Waals surface area (Å²) in [4.78, 5) is 2.14. The Bertz CT molecular complexity index is 297. The SMILES string of the molecule is CN(CCC(C)(C)C(N)=NO)CC1(O)CCCC1. The van der Waals surface area contributed by atoms with Crippen molar-refractivity contribution in [2.24, 2.45) is 16.3 Å². The van der Waals surface area contributed by atoms with E-state index in [2.05, 4.69) is 10.1 Å². The summed E-state index contributed by atoms with van der Waals surface area (Å²) >= 11 is 0. The van der Waals surface area contributed by atoms with Crippen molar-refractivity contribution < 1.29 is 10.3 Å². The largest absolute Gasteiger partial charge is 0.409 e. The number of hydrogen-bond donors (Lipinski definition) is 3. The van der Waals surface area contributed by atoms with Gasteiger partial charge in [0.15, 0.2) is 0 Å². The van der Waals surface area contributed by atoms with E-state index < -0.39 is 5.60 Å². The van der Waals surface area contributed by atoms with Crippen LogP contribution in [0.2, 0.25) is 0 Å². The van der Waals surface area contributed by atoms with Crippen LogP contribution in [0.15, 0.2) is 5.16 Å². The van der Waals surface area contributed by atoms with Crippen LogP contribution in [-0.2, 0) is 0 Å². The van der Waals surface area contributed by atoms with Gasteiger partial charge in [-0.25, -0.2) is 0 Å². The fourth-order valence-electron chi connectivity index (χ4n) is 2.51. The Hall–Kier alpha value is -0.810. The van der Waals surface area contributed by atoms with Crippen LogP contribution < -0.4 is 5.73 Å². The summed E-state index contributed by atoms with van der Waals surface area (Å²) < 4.78 is 0. The van der Waals surface area contributed by atoms with Crippen LogP contribution in [0.5, 0.6) is 0 Å². The molecule has 18 heavy (non-hydrogen) atoms. The van der Waals surface area contributed by atoms with E-state index in [0.29, 0.717) is 6.54 Å². The maximum Gasteiger partial charge on any atom is 0.144 e. The van der Waals surface area contributed by atoms with Gasteiger partial charge in [-0.1, -0.05) is 31.8 Å². The van der Waals surface area contributed by atoms with E-state index in [4.69, 9.17) is 10.9 Å². The quantitative estimate of drug-likeness (QED) is 0.291. The Labute approximate surface area is 110 Å². The minimum atomic E-state index is -0.504. The smallest absolute Gasteiger partial charge is 0.144 e. The molecule has 0 aromatic rings. The number of hydrogen-bond acceptors (Lipinski definition) is 4. The predicted octanol–water partition coefficient (Wildman–Crippen LogP) is 1.39. The normalized spacial score (nSPS) is 20.6. The molecule has 0 amide bonds. The van der Waals surface area contributed by atoms with Gasteiger partial charge in [0.25, 0.3) is 0 Å². The molecule has 0 bridgehead atoms. The Morgan fingerprint density at radius 1 is 1.39 bits per heavy atom. The highest BCUT2D eigenvalue weighted by Gasteiger charge is 2.32. The van der Waals surface area contributed by atoms with Crippen LogP contribution in [0.1, 0.15) is 46.0 Å². The van der Waals surface area contributed by atoms with Gasteiger partial charge in [0, 0.05) is 12.0 Å². The first-order chi connectivity index (χ1) is 8.29. The molecule has 0 radical (unpaired) electrons. The van der Waals surface area contributed by atoms with Crippen molar-refractivity contribution >= 4 is 5.84 Å². The van der Waals surface area contributed by atoms with Gasteiger partial charge >= 0.3 is 0 Å².